The van der Waals surface area contributed by atoms with Gasteiger partial charge in [-0.3, -0.25) is 4.79 Å². The van der Waals surface area contributed by atoms with Crippen molar-refractivity contribution >= 4 is 33.6 Å². The average Bonchev–Trinajstić information content (AvgIpc) is 3.07. The molecule has 9 heteroatoms. The Balaban J connectivity index is 2.17. The second-order valence-corrected chi connectivity index (χ2v) is 13.1. The van der Waals surface area contributed by atoms with Crippen molar-refractivity contribution < 1.29 is 13.2 Å². The summed E-state index contributed by atoms with van der Waals surface area (Å²) in [4.78, 5) is 24.7. The molecule has 3 rings (SSSR count). The molecule has 0 saturated carbocycles. The van der Waals surface area contributed by atoms with Gasteiger partial charge in [0.1, 0.15) is 11.6 Å². The second-order valence-electron chi connectivity index (χ2n) is 11.4. The van der Waals surface area contributed by atoms with E-state index in [1.54, 1.807) is 6.07 Å². The van der Waals surface area contributed by atoms with Gasteiger partial charge in [0.2, 0.25) is 0 Å². The number of unbranched alkanes of at least 4 members (excludes halogenated alkanes) is 2. The van der Waals surface area contributed by atoms with Crippen LogP contribution < -0.4 is 15.4 Å². The fourth-order valence-electron chi connectivity index (χ4n) is 4.57. The van der Waals surface area contributed by atoms with Crippen LogP contribution in [0.1, 0.15) is 95.8 Å². The minimum absolute atomic E-state index is 0.0551. The number of carbonyl (C=O) groups is 1. The molecule has 0 bridgehead atoms. The highest BCUT2D eigenvalue weighted by molar-refractivity contribution is 7.90. The highest BCUT2D eigenvalue weighted by atomic mass is 32.2. The Labute approximate surface area is 221 Å². The van der Waals surface area contributed by atoms with Crippen LogP contribution in [0.2, 0.25) is 0 Å². The minimum atomic E-state index is -4.24. The van der Waals surface area contributed by atoms with Gasteiger partial charge in [0.15, 0.2) is 5.03 Å². The van der Waals surface area contributed by atoms with E-state index in [-0.39, 0.29) is 27.4 Å². The lowest BCUT2D eigenvalue weighted by Gasteiger charge is -2.37. The molecule has 0 aromatic carbocycles. The molecular formula is C28H41N5O3S. The molecule has 1 aliphatic rings. The normalized spacial score (nSPS) is 17.9. The van der Waals surface area contributed by atoms with Gasteiger partial charge in [-0.1, -0.05) is 65.7 Å². The van der Waals surface area contributed by atoms with Crippen LogP contribution >= 0.6 is 0 Å². The van der Waals surface area contributed by atoms with Gasteiger partial charge >= 0.3 is 0 Å². The number of aromatic nitrogens is 2. The van der Waals surface area contributed by atoms with Crippen molar-refractivity contribution in [2.75, 3.05) is 17.2 Å². The fraction of sp³-hybridized carbons (Fsp3) is 0.536. The van der Waals surface area contributed by atoms with E-state index >= 15 is 0 Å². The first-order valence-corrected chi connectivity index (χ1v) is 14.5. The summed E-state index contributed by atoms with van der Waals surface area (Å²) in [6.45, 7) is 15.6. The Morgan fingerprint density at radius 1 is 1.27 bits per heavy atom. The summed E-state index contributed by atoms with van der Waals surface area (Å²) in [5, 5.41) is -0.309. The molecule has 202 valence electrons. The summed E-state index contributed by atoms with van der Waals surface area (Å²) in [6.07, 6.45) is 8.09. The van der Waals surface area contributed by atoms with Crippen LogP contribution in [0.3, 0.4) is 0 Å². The molecule has 1 fully saturated rings. The first-order chi connectivity index (χ1) is 17.2. The topological polar surface area (TPSA) is 118 Å². The molecule has 3 N–H and O–H groups in total. The summed E-state index contributed by atoms with van der Waals surface area (Å²) >= 11 is 0. The van der Waals surface area contributed by atoms with Crippen molar-refractivity contribution in [2.24, 2.45) is 5.92 Å². The van der Waals surface area contributed by atoms with E-state index in [1.165, 1.54) is 18.2 Å². The minimum Gasteiger partial charge on any atom is -0.384 e. The van der Waals surface area contributed by atoms with Crippen LogP contribution in [0, 0.1) is 5.92 Å². The van der Waals surface area contributed by atoms with Gasteiger partial charge in [0.25, 0.3) is 15.9 Å². The number of pyridine rings is 2. The maximum absolute atomic E-state index is 13.6. The molecule has 37 heavy (non-hydrogen) atoms. The second kappa shape index (κ2) is 10.8. The van der Waals surface area contributed by atoms with Crippen LogP contribution in [0.25, 0.3) is 6.08 Å². The van der Waals surface area contributed by atoms with Crippen LogP contribution in [0.4, 0.5) is 11.6 Å². The number of sulfonamides is 1. The van der Waals surface area contributed by atoms with Crippen molar-refractivity contribution in [1.29, 1.82) is 0 Å². The van der Waals surface area contributed by atoms with Gasteiger partial charge in [0, 0.05) is 17.5 Å². The Morgan fingerprint density at radius 2 is 1.97 bits per heavy atom. The average molecular weight is 528 g/mol. The zero-order chi connectivity index (χ0) is 27.6. The maximum Gasteiger partial charge on any atom is 0.281 e. The third-order valence-electron chi connectivity index (χ3n) is 7.20. The molecular weight excluding hydrogens is 486 g/mol. The van der Waals surface area contributed by atoms with Gasteiger partial charge in [0.05, 0.1) is 11.3 Å². The third-order valence-corrected chi connectivity index (χ3v) is 8.43. The highest BCUT2D eigenvalue weighted by Gasteiger charge is 2.41. The van der Waals surface area contributed by atoms with Crippen LogP contribution in [-0.4, -0.2) is 36.4 Å². The zero-order valence-electron chi connectivity index (χ0n) is 23.1. The lowest BCUT2D eigenvalue weighted by Crippen LogP contribution is -2.44. The number of nitrogen functional groups attached to an aromatic ring is 1. The molecule has 1 unspecified atom stereocenters. The molecule has 1 saturated heterocycles. The standard InChI is InChI=1S/C28H41N5O3S/c1-8-9-10-11-13-20-18-21(26(34)32-37(35,36)23-15-12-14-22(29)30-23)25(31-24(20)27(3,4)5)33-17-16-19(2)28(33,6)7/h11-15,18-19H,8-10,16-17H2,1-7H3,(H2,29,30)(H,32,34)/b13-11+. The predicted octanol–water partition coefficient (Wildman–Crippen LogP) is 5.30. The molecule has 3 heterocycles. The first kappa shape index (κ1) is 28.6. The van der Waals surface area contributed by atoms with Crippen molar-refractivity contribution in [1.82, 2.24) is 14.7 Å². The zero-order valence-corrected chi connectivity index (χ0v) is 23.9. The van der Waals surface area contributed by atoms with E-state index in [1.807, 2.05) is 6.08 Å². The number of nitrogens with two attached hydrogens (primary N) is 1. The number of hydrogen-bond donors (Lipinski definition) is 2. The van der Waals surface area contributed by atoms with Gasteiger partial charge < -0.3 is 10.6 Å². The van der Waals surface area contributed by atoms with Crippen molar-refractivity contribution in [3.63, 3.8) is 0 Å². The van der Waals surface area contributed by atoms with E-state index in [0.717, 1.165) is 43.5 Å². The number of amides is 1. The molecule has 2 aromatic heterocycles. The summed E-state index contributed by atoms with van der Waals surface area (Å²) in [5.41, 5.74) is 7.02. The Kier molecular flexibility index (Phi) is 8.37. The van der Waals surface area contributed by atoms with Gasteiger partial charge in [-0.15, -0.1) is 0 Å². The Hall–Kier alpha value is -2.94. The molecule has 1 atom stereocenters. The van der Waals surface area contributed by atoms with Crippen molar-refractivity contribution in [3.05, 3.63) is 47.2 Å². The summed E-state index contributed by atoms with van der Waals surface area (Å²) in [6, 6.07) is 6.06. The molecule has 1 amide bonds. The lowest BCUT2D eigenvalue weighted by molar-refractivity contribution is 0.0981. The number of anilines is 2. The first-order valence-electron chi connectivity index (χ1n) is 13.0. The maximum atomic E-state index is 13.6. The van der Waals surface area contributed by atoms with Crippen molar-refractivity contribution in [3.8, 4) is 0 Å². The summed E-state index contributed by atoms with van der Waals surface area (Å²) in [5.74, 6) is 0.181. The molecule has 1 aliphatic heterocycles. The van der Waals surface area contributed by atoms with Gasteiger partial charge in [-0.05, 0) is 56.4 Å². The number of allylic oxidation sites excluding steroid dienone is 1. The number of rotatable bonds is 8. The molecule has 2 aromatic rings. The Bertz CT molecular complexity index is 1280. The summed E-state index contributed by atoms with van der Waals surface area (Å²) < 4.78 is 28.3. The van der Waals surface area contributed by atoms with Gasteiger partial charge in [-0.25, -0.2) is 14.7 Å². The number of carbonyl (C=O) groups excluding carboxylic acids is 1. The molecule has 0 spiro atoms. The van der Waals surface area contributed by atoms with Crippen LogP contribution in [0.5, 0.6) is 0 Å². The predicted molar refractivity (Wildman–Crippen MR) is 150 cm³/mol. The smallest absolute Gasteiger partial charge is 0.281 e. The van der Waals surface area contributed by atoms with E-state index in [0.29, 0.717) is 11.7 Å². The monoisotopic (exact) mass is 527 g/mol. The quantitative estimate of drug-likeness (QED) is 0.447. The largest absolute Gasteiger partial charge is 0.384 e. The van der Waals surface area contributed by atoms with Gasteiger partial charge in [-0.2, -0.15) is 8.42 Å². The SMILES string of the molecule is CCCC/C=C/c1cc(C(=O)NS(=O)(=O)c2cccc(N)n2)c(N2CCC(C)C2(C)C)nc1C(C)(C)C. The van der Waals surface area contributed by atoms with Crippen LogP contribution in [-0.2, 0) is 15.4 Å². The van der Waals surface area contributed by atoms with E-state index < -0.39 is 15.9 Å². The molecule has 0 radical (unpaired) electrons. The fourth-order valence-corrected chi connectivity index (χ4v) is 5.51. The summed E-state index contributed by atoms with van der Waals surface area (Å²) in [7, 11) is -4.24. The van der Waals surface area contributed by atoms with Crippen LogP contribution in [0.15, 0.2) is 35.4 Å². The number of nitrogens with one attached hydrogen (secondary N) is 1. The number of hydrogen-bond acceptors (Lipinski definition) is 7. The number of nitrogens with zero attached hydrogens (tertiary/aromatic N) is 3. The van der Waals surface area contributed by atoms with E-state index in [9.17, 15) is 13.2 Å². The highest BCUT2D eigenvalue weighted by Crippen LogP contribution is 2.40. The van der Waals surface area contributed by atoms with Crippen molar-refractivity contribution in [2.45, 2.75) is 90.1 Å². The lowest BCUT2D eigenvalue weighted by atomic mass is 9.86. The molecule has 0 aliphatic carbocycles. The third kappa shape index (κ3) is 6.32. The van der Waals surface area contributed by atoms with E-state index in [4.69, 9.17) is 10.7 Å². The van der Waals surface area contributed by atoms with E-state index in [2.05, 4.69) is 69.1 Å². The molecule has 8 nitrogen and oxygen atoms in total. The Morgan fingerprint density at radius 3 is 2.54 bits per heavy atom.